The molecule has 3 N–H and O–H groups in total. The number of hydrogen-bond acceptors (Lipinski definition) is 5. The number of hydrogen-bond donors (Lipinski definition) is 2. The molecule has 1 aliphatic carbocycles. The fourth-order valence-corrected chi connectivity index (χ4v) is 5.10. The van der Waals surface area contributed by atoms with Crippen molar-refractivity contribution >= 4 is 0 Å². The number of nitrogens with zero attached hydrogens (tertiary/aromatic N) is 3. The fourth-order valence-electron chi connectivity index (χ4n) is 5.10. The van der Waals surface area contributed by atoms with Gasteiger partial charge in [-0.2, -0.15) is 0 Å². The summed E-state index contributed by atoms with van der Waals surface area (Å²) >= 11 is 0. The van der Waals surface area contributed by atoms with Gasteiger partial charge in [-0.1, -0.05) is 0 Å². The molecule has 3 heterocycles. The largest absolute Gasteiger partial charge is 0.378 e. The van der Waals surface area contributed by atoms with Crippen LogP contribution in [-0.2, 0) is 0 Å². The summed E-state index contributed by atoms with van der Waals surface area (Å²) in [5.74, 6) is 1.79. The SMILES string of the molecule is CN1C(CN)CN2CC(C3CC3)CC(N3CCCC3O)C21. The zero-order chi connectivity index (χ0) is 14.6. The minimum atomic E-state index is -0.222. The van der Waals surface area contributed by atoms with E-state index in [1.807, 2.05) is 0 Å². The molecule has 0 radical (unpaired) electrons. The first-order valence-corrected chi connectivity index (χ1v) is 8.79. The Labute approximate surface area is 128 Å². The van der Waals surface area contributed by atoms with Crippen LogP contribution in [0.15, 0.2) is 0 Å². The van der Waals surface area contributed by atoms with Crippen LogP contribution in [0.25, 0.3) is 0 Å². The highest BCUT2D eigenvalue weighted by Crippen LogP contribution is 2.45. The lowest BCUT2D eigenvalue weighted by Crippen LogP contribution is -2.60. The number of fused-ring (bicyclic) bond motifs is 1. The highest BCUT2D eigenvalue weighted by atomic mass is 16.3. The summed E-state index contributed by atoms with van der Waals surface area (Å²) in [5.41, 5.74) is 5.98. The van der Waals surface area contributed by atoms with E-state index in [1.165, 1.54) is 25.8 Å². The quantitative estimate of drug-likeness (QED) is 0.773. The van der Waals surface area contributed by atoms with Crippen LogP contribution in [0.4, 0.5) is 0 Å². The molecule has 3 aliphatic heterocycles. The third-order valence-electron chi connectivity index (χ3n) is 6.42. The van der Waals surface area contributed by atoms with E-state index in [0.29, 0.717) is 18.2 Å². The highest BCUT2D eigenvalue weighted by Gasteiger charge is 2.51. The van der Waals surface area contributed by atoms with Gasteiger partial charge >= 0.3 is 0 Å². The normalized spacial score (nSPS) is 46.1. The molecular weight excluding hydrogens is 264 g/mol. The summed E-state index contributed by atoms with van der Waals surface area (Å²) in [6.07, 6.45) is 6.44. The summed E-state index contributed by atoms with van der Waals surface area (Å²) in [5, 5.41) is 10.4. The molecule has 0 aromatic carbocycles. The second-order valence-electron chi connectivity index (χ2n) is 7.68. The van der Waals surface area contributed by atoms with Crippen molar-refractivity contribution in [1.82, 2.24) is 14.7 Å². The van der Waals surface area contributed by atoms with Gasteiger partial charge < -0.3 is 10.8 Å². The van der Waals surface area contributed by atoms with Gasteiger partial charge in [0.1, 0.15) is 6.23 Å². The molecule has 4 fully saturated rings. The van der Waals surface area contributed by atoms with Crippen molar-refractivity contribution in [3.8, 4) is 0 Å². The maximum atomic E-state index is 10.4. The van der Waals surface area contributed by atoms with Gasteiger partial charge in [0.15, 0.2) is 0 Å². The Morgan fingerprint density at radius 1 is 1.14 bits per heavy atom. The summed E-state index contributed by atoms with van der Waals surface area (Å²) < 4.78 is 0. The maximum absolute atomic E-state index is 10.4. The first-order chi connectivity index (χ1) is 10.2. The van der Waals surface area contributed by atoms with Crippen LogP contribution in [0.5, 0.6) is 0 Å². The molecule has 3 saturated heterocycles. The summed E-state index contributed by atoms with van der Waals surface area (Å²) in [4.78, 5) is 7.54. The molecule has 5 unspecified atom stereocenters. The van der Waals surface area contributed by atoms with Gasteiger partial charge in [-0.3, -0.25) is 14.7 Å². The van der Waals surface area contributed by atoms with Crippen molar-refractivity contribution < 1.29 is 5.11 Å². The van der Waals surface area contributed by atoms with E-state index in [9.17, 15) is 5.11 Å². The number of aliphatic hydroxyl groups excluding tert-OH is 1. The second-order valence-corrected chi connectivity index (χ2v) is 7.68. The van der Waals surface area contributed by atoms with E-state index < -0.39 is 0 Å². The number of piperidine rings is 1. The van der Waals surface area contributed by atoms with Crippen LogP contribution < -0.4 is 5.73 Å². The highest BCUT2D eigenvalue weighted by molar-refractivity contribution is 5.03. The lowest BCUT2D eigenvalue weighted by molar-refractivity contribution is -0.0715. The Hall–Kier alpha value is -0.200. The van der Waals surface area contributed by atoms with E-state index in [2.05, 4.69) is 21.7 Å². The van der Waals surface area contributed by atoms with E-state index in [4.69, 9.17) is 5.73 Å². The van der Waals surface area contributed by atoms with Gasteiger partial charge in [-0.25, -0.2) is 0 Å². The monoisotopic (exact) mass is 294 g/mol. The summed E-state index contributed by atoms with van der Waals surface area (Å²) in [6.45, 7) is 4.17. The topological polar surface area (TPSA) is 56.0 Å². The average molecular weight is 294 g/mol. The fraction of sp³-hybridized carbons (Fsp3) is 1.00. The Bertz CT molecular complexity index is 388. The summed E-state index contributed by atoms with van der Waals surface area (Å²) in [7, 11) is 2.23. The summed E-state index contributed by atoms with van der Waals surface area (Å²) in [6, 6.07) is 0.971. The smallest absolute Gasteiger partial charge is 0.107 e. The molecule has 0 aromatic rings. The lowest BCUT2D eigenvalue weighted by atomic mass is 9.87. The first kappa shape index (κ1) is 14.4. The molecule has 1 saturated carbocycles. The molecule has 0 spiro atoms. The van der Waals surface area contributed by atoms with Gasteiger partial charge in [0.25, 0.3) is 0 Å². The molecule has 4 rings (SSSR count). The molecule has 5 nitrogen and oxygen atoms in total. The Balaban J connectivity index is 1.58. The zero-order valence-electron chi connectivity index (χ0n) is 13.2. The average Bonchev–Trinajstić information content (AvgIpc) is 3.17. The number of aliphatic hydroxyl groups is 1. The molecule has 21 heavy (non-hydrogen) atoms. The molecule has 0 bridgehead atoms. The van der Waals surface area contributed by atoms with Crippen molar-refractivity contribution in [3.05, 3.63) is 0 Å². The standard InChI is InChI=1S/C16H30N4O/c1-18-13(8-17)10-19-9-12(11-4-5-11)7-14(16(18)19)20-6-2-3-15(20)21/h11-16,21H,2-10,17H2,1H3. The molecule has 5 heteroatoms. The van der Waals surface area contributed by atoms with Crippen molar-refractivity contribution in [2.75, 3.05) is 33.2 Å². The molecular formula is C16H30N4O. The van der Waals surface area contributed by atoms with Crippen molar-refractivity contribution in [2.24, 2.45) is 17.6 Å². The maximum Gasteiger partial charge on any atom is 0.107 e. The van der Waals surface area contributed by atoms with Gasteiger partial charge in [0, 0.05) is 38.3 Å². The van der Waals surface area contributed by atoms with E-state index in [-0.39, 0.29) is 6.23 Å². The van der Waals surface area contributed by atoms with Crippen LogP contribution in [0.1, 0.15) is 32.1 Å². The minimum Gasteiger partial charge on any atom is -0.378 e. The molecule has 0 amide bonds. The predicted molar refractivity (Wildman–Crippen MR) is 82.5 cm³/mol. The van der Waals surface area contributed by atoms with Gasteiger partial charge in [-0.15, -0.1) is 0 Å². The van der Waals surface area contributed by atoms with E-state index in [1.54, 1.807) is 0 Å². The third-order valence-corrected chi connectivity index (χ3v) is 6.42. The van der Waals surface area contributed by atoms with Crippen LogP contribution in [0.3, 0.4) is 0 Å². The van der Waals surface area contributed by atoms with Crippen LogP contribution in [0, 0.1) is 11.8 Å². The number of nitrogens with two attached hydrogens (primary N) is 1. The lowest BCUT2D eigenvalue weighted by Gasteiger charge is -2.47. The number of likely N-dealkylation sites (tertiary alicyclic amines) is 1. The van der Waals surface area contributed by atoms with E-state index >= 15 is 0 Å². The Kier molecular flexibility index (Phi) is 3.74. The first-order valence-electron chi connectivity index (χ1n) is 8.79. The molecule has 0 aromatic heterocycles. The van der Waals surface area contributed by atoms with Crippen molar-refractivity contribution in [1.29, 1.82) is 0 Å². The predicted octanol–water partition coefficient (Wildman–Crippen LogP) is 0.0999. The minimum absolute atomic E-state index is 0.222. The molecule has 120 valence electrons. The number of likely N-dealkylation sites (N-methyl/N-ethyl adjacent to an activating group) is 1. The van der Waals surface area contributed by atoms with Gasteiger partial charge in [0.2, 0.25) is 0 Å². The van der Waals surface area contributed by atoms with Gasteiger partial charge in [-0.05, 0) is 51.0 Å². The van der Waals surface area contributed by atoms with Crippen LogP contribution in [0.2, 0.25) is 0 Å². The van der Waals surface area contributed by atoms with Crippen LogP contribution >= 0.6 is 0 Å². The van der Waals surface area contributed by atoms with Crippen LogP contribution in [-0.4, -0.2) is 77.5 Å². The Morgan fingerprint density at radius 3 is 2.57 bits per heavy atom. The zero-order valence-corrected chi connectivity index (χ0v) is 13.2. The van der Waals surface area contributed by atoms with Gasteiger partial charge in [0.05, 0.1) is 6.17 Å². The van der Waals surface area contributed by atoms with Crippen molar-refractivity contribution in [2.45, 2.75) is 56.6 Å². The number of rotatable bonds is 3. The molecule has 4 aliphatic rings. The second kappa shape index (κ2) is 5.46. The van der Waals surface area contributed by atoms with E-state index in [0.717, 1.165) is 44.3 Å². The Morgan fingerprint density at radius 2 is 1.95 bits per heavy atom. The molecule has 5 atom stereocenters. The third kappa shape index (κ3) is 2.43. The van der Waals surface area contributed by atoms with Crippen molar-refractivity contribution in [3.63, 3.8) is 0 Å².